The van der Waals surface area contributed by atoms with Crippen LogP contribution in [0.4, 0.5) is 0 Å². The summed E-state index contributed by atoms with van der Waals surface area (Å²) in [5, 5.41) is 0. The van der Waals surface area contributed by atoms with Crippen LogP contribution in [0, 0.1) is 6.92 Å². The SMILES string of the molecule is COc1ccc(S(=O)(=O)N(C)Cc2cc(OC)c(OC)c(OC)c2)cc1C. The molecule has 0 aliphatic heterocycles. The Morgan fingerprint density at radius 1 is 0.852 bits per heavy atom. The van der Waals surface area contributed by atoms with Gasteiger partial charge in [0.15, 0.2) is 11.5 Å². The summed E-state index contributed by atoms with van der Waals surface area (Å²) in [6.07, 6.45) is 0. The number of nitrogens with zero attached hydrogens (tertiary/aromatic N) is 1. The predicted octanol–water partition coefficient (Wildman–Crippen LogP) is 2.85. The minimum Gasteiger partial charge on any atom is -0.496 e. The van der Waals surface area contributed by atoms with Gasteiger partial charge in [0.05, 0.1) is 33.3 Å². The number of methoxy groups -OCH3 is 4. The van der Waals surface area contributed by atoms with E-state index in [-0.39, 0.29) is 11.4 Å². The Bertz CT molecular complexity index is 885. The van der Waals surface area contributed by atoms with E-state index in [1.165, 1.54) is 38.7 Å². The molecule has 0 heterocycles. The topological polar surface area (TPSA) is 74.3 Å². The van der Waals surface area contributed by atoms with Gasteiger partial charge in [-0.15, -0.1) is 0 Å². The number of aryl methyl sites for hydroxylation is 1. The highest BCUT2D eigenvalue weighted by molar-refractivity contribution is 7.89. The predicted molar refractivity (Wildman–Crippen MR) is 102 cm³/mol. The Hall–Kier alpha value is -2.45. The van der Waals surface area contributed by atoms with Crippen LogP contribution in [-0.4, -0.2) is 48.2 Å². The average molecular weight is 395 g/mol. The molecule has 0 amide bonds. The zero-order chi connectivity index (χ0) is 20.2. The first-order valence-corrected chi connectivity index (χ1v) is 9.62. The third-order valence-electron chi connectivity index (χ3n) is 4.20. The first-order chi connectivity index (χ1) is 12.8. The van der Waals surface area contributed by atoms with E-state index >= 15 is 0 Å². The fourth-order valence-corrected chi connectivity index (χ4v) is 4.00. The van der Waals surface area contributed by atoms with E-state index in [1.807, 2.05) is 0 Å². The fourth-order valence-electron chi connectivity index (χ4n) is 2.76. The fraction of sp³-hybridized carbons (Fsp3) is 0.368. The lowest BCUT2D eigenvalue weighted by Gasteiger charge is -2.20. The summed E-state index contributed by atoms with van der Waals surface area (Å²) in [6, 6.07) is 8.24. The number of ether oxygens (including phenoxy) is 4. The molecule has 0 aliphatic carbocycles. The van der Waals surface area contributed by atoms with Crippen LogP contribution in [0.1, 0.15) is 11.1 Å². The minimum absolute atomic E-state index is 0.143. The zero-order valence-electron chi connectivity index (χ0n) is 16.4. The molecule has 0 bridgehead atoms. The minimum atomic E-state index is -3.67. The van der Waals surface area contributed by atoms with Gasteiger partial charge in [-0.05, 0) is 48.4 Å². The monoisotopic (exact) mass is 395 g/mol. The normalized spacial score (nSPS) is 11.4. The average Bonchev–Trinajstić information content (AvgIpc) is 2.66. The molecule has 0 spiro atoms. The largest absolute Gasteiger partial charge is 0.496 e. The molecular weight excluding hydrogens is 370 g/mol. The number of hydrogen-bond acceptors (Lipinski definition) is 6. The molecule has 0 fully saturated rings. The number of sulfonamides is 1. The second-order valence-corrected chi connectivity index (χ2v) is 7.97. The van der Waals surface area contributed by atoms with Crippen LogP contribution in [0.15, 0.2) is 35.2 Å². The molecule has 27 heavy (non-hydrogen) atoms. The second kappa shape index (κ2) is 8.49. The Balaban J connectivity index is 2.35. The lowest BCUT2D eigenvalue weighted by Crippen LogP contribution is -2.26. The van der Waals surface area contributed by atoms with Crippen molar-refractivity contribution in [2.45, 2.75) is 18.4 Å². The maximum atomic E-state index is 12.9. The molecule has 148 valence electrons. The summed E-state index contributed by atoms with van der Waals surface area (Å²) in [6.45, 7) is 1.95. The van der Waals surface area contributed by atoms with Gasteiger partial charge >= 0.3 is 0 Å². The molecule has 0 saturated heterocycles. The second-order valence-electron chi connectivity index (χ2n) is 5.93. The molecular formula is C19H25NO6S. The Morgan fingerprint density at radius 3 is 1.85 bits per heavy atom. The smallest absolute Gasteiger partial charge is 0.243 e. The molecule has 2 aromatic carbocycles. The van der Waals surface area contributed by atoms with Crippen molar-refractivity contribution in [1.29, 1.82) is 0 Å². The molecule has 0 aromatic heterocycles. The standard InChI is InChI=1S/C19H25NO6S/c1-13-9-15(7-8-16(13)23-3)27(21,22)20(2)12-14-10-17(24-4)19(26-6)18(11-14)25-5/h7-11H,12H2,1-6H3. The van der Waals surface area contributed by atoms with E-state index in [0.29, 0.717) is 28.6 Å². The van der Waals surface area contributed by atoms with Crippen molar-refractivity contribution in [3.05, 3.63) is 41.5 Å². The summed E-state index contributed by atoms with van der Waals surface area (Å²) in [5.74, 6) is 2.04. The van der Waals surface area contributed by atoms with E-state index < -0.39 is 10.0 Å². The van der Waals surface area contributed by atoms with Crippen molar-refractivity contribution in [1.82, 2.24) is 4.31 Å². The van der Waals surface area contributed by atoms with Crippen LogP contribution in [-0.2, 0) is 16.6 Å². The summed E-state index contributed by atoms with van der Waals surface area (Å²) in [4.78, 5) is 0.204. The van der Waals surface area contributed by atoms with Crippen LogP contribution in [0.2, 0.25) is 0 Å². The van der Waals surface area contributed by atoms with Crippen molar-refractivity contribution in [3.63, 3.8) is 0 Å². The van der Waals surface area contributed by atoms with Crippen molar-refractivity contribution < 1.29 is 27.4 Å². The van der Waals surface area contributed by atoms with Gasteiger partial charge in [0.1, 0.15) is 5.75 Å². The highest BCUT2D eigenvalue weighted by Gasteiger charge is 2.23. The molecule has 0 atom stereocenters. The van der Waals surface area contributed by atoms with Crippen LogP contribution in [0.3, 0.4) is 0 Å². The maximum Gasteiger partial charge on any atom is 0.243 e. The van der Waals surface area contributed by atoms with Crippen molar-refractivity contribution in [2.24, 2.45) is 0 Å². The lowest BCUT2D eigenvalue weighted by molar-refractivity contribution is 0.323. The van der Waals surface area contributed by atoms with Gasteiger partial charge < -0.3 is 18.9 Å². The quantitative estimate of drug-likeness (QED) is 0.684. The van der Waals surface area contributed by atoms with Gasteiger partial charge in [0, 0.05) is 13.6 Å². The van der Waals surface area contributed by atoms with Crippen molar-refractivity contribution in [3.8, 4) is 23.0 Å². The molecule has 8 heteroatoms. The number of hydrogen-bond donors (Lipinski definition) is 0. The highest BCUT2D eigenvalue weighted by atomic mass is 32.2. The van der Waals surface area contributed by atoms with E-state index in [4.69, 9.17) is 18.9 Å². The van der Waals surface area contributed by atoms with Gasteiger partial charge in [-0.25, -0.2) is 8.42 Å². The molecule has 2 aromatic rings. The van der Waals surface area contributed by atoms with E-state index in [0.717, 1.165) is 5.56 Å². The highest BCUT2D eigenvalue weighted by Crippen LogP contribution is 2.38. The summed E-state index contributed by atoms with van der Waals surface area (Å²) < 4.78 is 48.3. The molecule has 2 rings (SSSR count). The van der Waals surface area contributed by atoms with E-state index in [2.05, 4.69) is 0 Å². The third-order valence-corrected chi connectivity index (χ3v) is 6.00. The Kier molecular flexibility index (Phi) is 6.56. The maximum absolute atomic E-state index is 12.9. The van der Waals surface area contributed by atoms with Crippen molar-refractivity contribution in [2.75, 3.05) is 35.5 Å². The first kappa shape index (κ1) is 20.9. The van der Waals surface area contributed by atoms with Gasteiger partial charge in [0.25, 0.3) is 0 Å². The van der Waals surface area contributed by atoms with E-state index in [9.17, 15) is 8.42 Å². The Morgan fingerprint density at radius 2 is 1.41 bits per heavy atom. The van der Waals surface area contributed by atoms with Gasteiger partial charge in [-0.2, -0.15) is 4.31 Å². The third kappa shape index (κ3) is 4.28. The van der Waals surface area contributed by atoms with Gasteiger partial charge in [0.2, 0.25) is 15.8 Å². The summed E-state index contributed by atoms with van der Waals surface area (Å²) >= 11 is 0. The molecule has 0 N–H and O–H groups in total. The Labute approximate surface area is 160 Å². The molecule has 0 saturated carbocycles. The molecule has 0 radical (unpaired) electrons. The summed E-state index contributed by atoms with van der Waals surface area (Å²) in [7, 11) is 3.95. The first-order valence-electron chi connectivity index (χ1n) is 8.18. The van der Waals surface area contributed by atoms with Crippen LogP contribution < -0.4 is 18.9 Å². The summed E-state index contributed by atoms with van der Waals surface area (Å²) in [5.41, 5.74) is 1.46. The molecule has 0 unspecified atom stereocenters. The lowest BCUT2D eigenvalue weighted by atomic mass is 10.2. The van der Waals surface area contributed by atoms with Gasteiger partial charge in [-0.1, -0.05) is 0 Å². The zero-order valence-corrected chi connectivity index (χ0v) is 17.2. The van der Waals surface area contributed by atoms with E-state index in [1.54, 1.807) is 38.3 Å². The van der Waals surface area contributed by atoms with Gasteiger partial charge in [-0.3, -0.25) is 0 Å². The number of rotatable bonds is 8. The van der Waals surface area contributed by atoms with Crippen LogP contribution >= 0.6 is 0 Å². The van der Waals surface area contributed by atoms with Crippen LogP contribution in [0.5, 0.6) is 23.0 Å². The van der Waals surface area contributed by atoms with Crippen LogP contribution in [0.25, 0.3) is 0 Å². The molecule has 7 nitrogen and oxygen atoms in total. The van der Waals surface area contributed by atoms with Crippen molar-refractivity contribution >= 4 is 10.0 Å². The number of benzene rings is 2. The molecule has 0 aliphatic rings.